The molecule has 3 N–H and O–H groups in total. The molecule has 1 aromatic carbocycles. The smallest absolute Gasteiger partial charge is 0.283 e. The zero-order valence-electron chi connectivity index (χ0n) is 21.5. The number of anilines is 1. The summed E-state index contributed by atoms with van der Waals surface area (Å²) in [5.74, 6) is -0.880. The third kappa shape index (κ3) is 6.76. The number of rotatable bonds is 11. The van der Waals surface area contributed by atoms with E-state index in [-0.39, 0.29) is 23.9 Å². The van der Waals surface area contributed by atoms with Crippen molar-refractivity contribution in [2.45, 2.75) is 31.4 Å². The number of nitrogens with one attached hydrogen (secondary N) is 3. The highest BCUT2D eigenvalue weighted by molar-refractivity contribution is 8.04. The Morgan fingerprint density at radius 3 is 2.63 bits per heavy atom. The summed E-state index contributed by atoms with van der Waals surface area (Å²) in [5.41, 5.74) is 3.78. The van der Waals surface area contributed by atoms with E-state index in [0.717, 1.165) is 31.7 Å². The van der Waals surface area contributed by atoms with E-state index in [1.165, 1.54) is 34.2 Å². The maximum atomic E-state index is 13.1. The van der Waals surface area contributed by atoms with Crippen LogP contribution >= 0.6 is 11.8 Å². The molecule has 2 fully saturated rings. The number of hydrogen-bond donors (Lipinski definition) is 3. The molecule has 2 saturated heterocycles. The summed E-state index contributed by atoms with van der Waals surface area (Å²) in [5, 5.41) is 15.8. The van der Waals surface area contributed by atoms with Crippen molar-refractivity contribution < 1.29 is 14.4 Å². The van der Waals surface area contributed by atoms with E-state index < -0.39 is 11.2 Å². The summed E-state index contributed by atoms with van der Waals surface area (Å²) >= 11 is 1.20. The second kappa shape index (κ2) is 13.2. The van der Waals surface area contributed by atoms with Gasteiger partial charge in [-0.1, -0.05) is 17.8 Å². The maximum absolute atomic E-state index is 13.1. The molecule has 3 heterocycles. The molecule has 0 bridgehead atoms. The predicted octanol–water partition coefficient (Wildman–Crippen LogP) is 2.59. The van der Waals surface area contributed by atoms with E-state index in [1.807, 2.05) is 12.1 Å². The number of carbonyl (C=O) groups is 3. The highest BCUT2D eigenvalue weighted by atomic mass is 32.2. The van der Waals surface area contributed by atoms with Gasteiger partial charge in [0.15, 0.2) is 0 Å². The van der Waals surface area contributed by atoms with Gasteiger partial charge in [-0.05, 0) is 76.2 Å². The lowest BCUT2D eigenvalue weighted by Gasteiger charge is -2.16. The Labute approximate surface area is 227 Å². The summed E-state index contributed by atoms with van der Waals surface area (Å²) in [6.45, 7) is 6.35. The van der Waals surface area contributed by atoms with Crippen molar-refractivity contribution in [2.24, 2.45) is 0 Å². The van der Waals surface area contributed by atoms with Gasteiger partial charge in [-0.2, -0.15) is 5.26 Å². The summed E-state index contributed by atoms with van der Waals surface area (Å²) in [6, 6.07) is 12.6. The van der Waals surface area contributed by atoms with Crippen LogP contribution in [0.15, 0.2) is 59.4 Å². The topological polar surface area (TPSA) is 122 Å². The van der Waals surface area contributed by atoms with Crippen molar-refractivity contribution in [2.75, 3.05) is 50.0 Å². The molecule has 0 saturated carbocycles. The summed E-state index contributed by atoms with van der Waals surface area (Å²) in [4.78, 5) is 42.3. The first-order valence-corrected chi connectivity index (χ1v) is 13.8. The fourth-order valence-corrected chi connectivity index (χ4v) is 5.78. The van der Waals surface area contributed by atoms with Crippen molar-refractivity contribution in [3.05, 3.63) is 65.0 Å². The number of nitriles is 1. The van der Waals surface area contributed by atoms with Gasteiger partial charge in [-0.15, -0.1) is 0 Å². The van der Waals surface area contributed by atoms with Crippen LogP contribution in [0, 0.1) is 11.3 Å². The lowest BCUT2D eigenvalue weighted by molar-refractivity contribution is -0.127. The molecule has 0 aliphatic carbocycles. The highest BCUT2D eigenvalue weighted by Gasteiger charge is 2.39. The van der Waals surface area contributed by atoms with Gasteiger partial charge < -0.3 is 20.4 Å². The number of thioether (sulfide) groups is 1. The molecule has 2 aromatic rings. The first-order chi connectivity index (χ1) is 18.5. The average molecular weight is 536 g/mol. The lowest BCUT2D eigenvalue weighted by atomic mass is 10.2. The van der Waals surface area contributed by atoms with Gasteiger partial charge >= 0.3 is 0 Å². The van der Waals surface area contributed by atoms with E-state index >= 15 is 0 Å². The Morgan fingerprint density at radius 2 is 1.92 bits per heavy atom. The van der Waals surface area contributed by atoms with Crippen LogP contribution in [-0.4, -0.2) is 76.7 Å². The fourth-order valence-electron chi connectivity index (χ4n) is 4.52. The summed E-state index contributed by atoms with van der Waals surface area (Å²) in [7, 11) is 0. The first kappa shape index (κ1) is 27.3. The lowest BCUT2D eigenvalue weighted by Crippen LogP contribution is -2.33. The van der Waals surface area contributed by atoms with Gasteiger partial charge in [0.2, 0.25) is 5.91 Å². The number of aromatic nitrogens is 1. The molecule has 1 atom stereocenters. The van der Waals surface area contributed by atoms with Crippen LogP contribution in [0.4, 0.5) is 5.69 Å². The molecular weight excluding hydrogens is 502 g/mol. The highest BCUT2D eigenvalue weighted by Crippen LogP contribution is 2.37. The van der Waals surface area contributed by atoms with Crippen LogP contribution in [-0.2, 0) is 9.59 Å². The molecule has 3 amide bonds. The first-order valence-electron chi connectivity index (χ1n) is 12.9. The van der Waals surface area contributed by atoms with Gasteiger partial charge in [0.1, 0.15) is 21.9 Å². The predicted molar refractivity (Wildman–Crippen MR) is 148 cm³/mol. The molecule has 38 heavy (non-hydrogen) atoms. The monoisotopic (exact) mass is 535 g/mol. The van der Waals surface area contributed by atoms with E-state index in [1.54, 1.807) is 49.6 Å². The van der Waals surface area contributed by atoms with Crippen LogP contribution in [0.25, 0.3) is 0 Å². The van der Waals surface area contributed by atoms with Crippen molar-refractivity contribution in [3.63, 3.8) is 0 Å². The fraction of sp³-hybridized carbons (Fsp3) is 0.407. The molecular formula is C27H33N7O3S. The quantitative estimate of drug-likeness (QED) is 0.230. The summed E-state index contributed by atoms with van der Waals surface area (Å²) in [6.07, 6.45) is 6.74. The molecule has 0 spiro atoms. The molecule has 2 aliphatic rings. The third-order valence-corrected chi connectivity index (χ3v) is 7.80. The second-order valence-electron chi connectivity index (χ2n) is 9.13. The standard InChI is InChI=1S/C27H33N7O3S/c1-2-34-26(37)23(38-27(34)22(18-28)25(36)31-33-15-5-6-16-33)19-30-21-10-7-9-20(17-21)24(35)29-11-8-14-32-12-3-4-13-32/h5-7,9-10,15-17,23,30H,2-4,8,11-14,19H2,1H3,(H,29,35)(H,31,36)/b27-22-/t23-/m1/s1. The zero-order valence-corrected chi connectivity index (χ0v) is 22.3. The molecule has 2 aliphatic heterocycles. The van der Waals surface area contributed by atoms with Crippen molar-refractivity contribution in [1.29, 1.82) is 5.26 Å². The van der Waals surface area contributed by atoms with Gasteiger partial charge in [0.05, 0.1) is 0 Å². The maximum Gasteiger partial charge on any atom is 0.283 e. The minimum Gasteiger partial charge on any atom is -0.383 e. The van der Waals surface area contributed by atoms with Gasteiger partial charge in [0, 0.05) is 43.3 Å². The molecule has 4 rings (SSSR count). The number of carbonyl (C=O) groups excluding carboxylic acids is 3. The van der Waals surface area contributed by atoms with E-state index in [9.17, 15) is 19.6 Å². The van der Waals surface area contributed by atoms with Gasteiger partial charge in [-0.3, -0.25) is 24.5 Å². The SMILES string of the molecule is CCN1C(=O)[C@@H](CNc2cccc(C(=O)NCCCN3CCCC3)c2)S/C1=C(/C#N)C(=O)Nn1cccc1. The van der Waals surface area contributed by atoms with E-state index in [4.69, 9.17) is 0 Å². The number of amides is 3. The molecule has 0 unspecified atom stereocenters. The Bertz CT molecular complexity index is 1220. The minimum atomic E-state index is -0.579. The third-order valence-electron chi connectivity index (χ3n) is 6.50. The van der Waals surface area contributed by atoms with Crippen LogP contribution < -0.4 is 16.1 Å². The normalized spacial score (nSPS) is 18.8. The Kier molecular flexibility index (Phi) is 9.46. The molecule has 0 radical (unpaired) electrons. The molecule has 200 valence electrons. The zero-order chi connectivity index (χ0) is 26.9. The van der Waals surface area contributed by atoms with Crippen molar-refractivity contribution in [1.82, 2.24) is 19.8 Å². The van der Waals surface area contributed by atoms with E-state index in [2.05, 4.69) is 21.0 Å². The number of hydrogen-bond acceptors (Lipinski definition) is 7. The summed E-state index contributed by atoms with van der Waals surface area (Å²) < 4.78 is 1.45. The molecule has 10 nitrogen and oxygen atoms in total. The van der Waals surface area contributed by atoms with E-state index in [0.29, 0.717) is 23.7 Å². The van der Waals surface area contributed by atoms with Gasteiger partial charge in [0.25, 0.3) is 11.8 Å². The van der Waals surface area contributed by atoms with Crippen LogP contribution in [0.2, 0.25) is 0 Å². The van der Waals surface area contributed by atoms with Crippen molar-refractivity contribution >= 4 is 35.2 Å². The Morgan fingerprint density at radius 1 is 1.16 bits per heavy atom. The molecule has 11 heteroatoms. The van der Waals surface area contributed by atoms with Crippen LogP contribution in [0.1, 0.15) is 36.5 Å². The Balaban J connectivity index is 1.34. The second-order valence-corrected chi connectivity index (χ2v) is 10.3. The van der Waals surface area contributed by atoms with Gasteiger partial charge in [-0.25, -0.2) is 0 Å². The van der Waals surface area contributed by atoms with Crippen molar-refractivity contribution in [3.8, 4) is 6.07 Å². The Hall–Kier alpha value is -3.75. The molecule has 1 aromatic heterocycles. The number of benzene rings is 1. The average Bonchev–Trinajstić information content (AvgIpc) is 3.69. The minimum absolute atomic E-state index is 0.107. The number of nitrogens with zero attached hydrogens (tertiary/aromatic N) is 4. The van der Waals surface area contributed by atoms with Crippen LogP contribution in [0.5, 0.6) is 0 Å². The largest absolute Gasteiger partial charge is 0.383 e. The van der Waals surface area contributed by atoms with Crippen LogP contribution in [0.3, 0.4) is 0 Å². The number of likely N-dealkylation sites (tertiary alicyclic amines) is 1.